The van der Waals surface area contributed by atoms with Gasteiger partial charge in [-0.3, -0.25) is 14.4 Å². The van der Waals surface area contributed by atoms with Crippen molar-refractivity contribution in [3.8, 4) is 11.5 Å². The van der Waals surface area contributed by atoms with Crippen LogP contribution in [0.15, 0.2) is 54.7 Å². The van der Waals surface area contributed by atoms with E-state index in [4.69, 9.17) is 23.7 Å². The quantitative estimate of drug-likeness (QED) is 0.0106. The molecule has 1 aliphatic rings. The van der Waals surface area contributed by atoms with Crippen LogP contribution >= 0.6 is 0 Å². The fourth-order valence-corrected chi connectivity index (χ4v) is 6.29. The predicted octanol–water partition coefficient (Wildman–Crippen LogP) is 1.72. The molecule has 0 unspecified atom stereocenters. The number of benzene rings is 3. The number of fused-ring (bicyclic) bond motifs is 1. The van der Waals surface area contributed by atoms with Crippen molar-refractivity contribution in [1.82, 2.24) is 5.32 Å². The molecule has 19 nitrogen and oxygen atoms in total. The van der Waals surface area contributed by atoms with Crippen molar-refractivity contribution in [3.63, 3.8) is 0 Å². The van der Waals surface area contributed by atoms with Gasteiger partial charge in [-0.25, -0.2) is 22.8 Å². The van der Waals surface area contributed by atoms with Crippen LogP contribution in [0.25, 0.3) is 10.8 Å². The molecule has 0 saturated carbocycles. The zero-order valence-corrected chi connectivity index (χ0v) is 34.4. The number of pyridine rings is 1. The Morgan fingerprint density at radius 1 is 0.697 bits per heavy atom. The van der Waals surface area contributed by atoms with Crippen LogP contribution in [0.5, 0.6) is 11.5 Å². The van der Waals surface area contributed by atoms with E-state index in [1.54, 1.807) is 36.5 Å². The molecule has 5 atom stereocenters. The van der Waals surface area contributed by atoms with Crippen molar-refractivity contribution in [2.24, 2.45) is 0 Å². The first kappa shape index (κ1) is 50.6. The molecule has 1 fully saturated rings. The summed E-state index contributed by atoms with van der Waals surface area (Å²) in [5.41, 5.74) is 0.398. The van der Waals surface area contributed by atoms with Crippen molar-refractivity contribution in [3.05, 3.63) is 95.1 Å². The monoisotopic (exact) mass is 940 g/mol. The van der Waals surface area contributed by atoms with Gasteiger partial charge in [-0.1, -0.05) is 18.2 Å². The number of halogens is 5. The fraction of sp³-hybridized carbons (Fsp3) is 0.381. The summed E-state index contributed by atoms with van der Waals surface area (Å²) in [4.78, 5) is 61.3. The van der Waals surface area contributed by atoms with E-state index in [0.29, 0.717) is 16.3 Å². The van der Waals surface area contributed by atoms with Crippen molar-refractivity contribution in [1.29, 1.82) is 0 Å². The van der Waals surface area contributed by atoms with Gasteiger partial charge in [0.2, 0.25) is 52.9 Å². The van der Waals surface area contributed by atoms with Gasteiger partial charge in [0.15, 0.2) is 18.8 Å². The van der Waals surface area contributed by atoms with Crippen LogP contribution < -0.4 is 24.7 Å². The maximum Gasteiger partial charge on any atom is 0.401 e. The van der Waals surface area contributed by atoms with Crippen LogP contribution in [0, 0.1) is 29.1 Å². The lowest BCUT2D eigenvalue weighted by atomic mass is 9.99. The van der Waals surface area contributed by atoms with Crippen LogP contribution in [0.4, 0.5) is 27.6 Å². The van der Waals surface area contributed by atoms with Crippen molar-refractivity contribution >= 4 is 46.2 Å². The van der Waals surface area contributed by atoms with Gasteiger partial charge in [0, 0.05) is 31.0 Å². The van der Waals surface area contributed by atoms with Gasteiger partial charge >= 0.3 is 17.9 Å². The van der Waals surface area contributed by atoms with Gasteiger partial charge < -0.3 is 64.6 Å². The lowest BCUT2D eigenvalue weighted by molar-refractivity contribution is -0.689. The van der Waals surface area contributed by atoms with E-state index >= 15 is 0 Å². The number of hydrogen-bond donors (Lipinski definition) is 7. The van der Waals surface area contributed by atoms with Crippen LogP contribution in [-0.4, -0.2) is 132 Å². The number of aliphatic carboxylic acids is 1. The highest BCUT2D eigenvalue weighted by atomic mass is 19.2. The molecular formula is C42H43F5N3O16+. The molecule has 24 heteroatoms. The Hall–Kier alpha value is -6.41. The average molecular weight is 941 g/mol. The number of carboxylic acids is 2. The summed E-state index contributed by atoms with van der Waals surface area (Å²) in [6.07, 6.45) is -9.08. The lowest BCUT2D eigenvalue weighted by Crippen LogP contribution is -2.61. The van der Waals surface area contributed by atoms with E-state index in [1.807, 2.05) is 0 Å². The van der Waals surface area contributed by atoms with Gasteiger partial charge in [0.05, 0.1) is 57.1 Å². The van der Waals surface area contributed by atoms with Crippen molar-refractivity contribution < 1.29 is 104 Å². The molecule has 1 aromatic heterocycles. The molecule has 356 valence electrons. The van der Waals surface area contributed by atoms with E-state index in [9.17, 15) is 71.5 Å². The summed E-state index contributed by atoms with van der Waals surface area (Å²) in [5, 5.41) is 56.8. The molecule has 1 saturated heterocycles. The summed E-state index contributed by atoms with van der Waals surface area (Å²) in [7, 11) is 0. The molecule has 1 aliphatic heterocycles. The van der Waals surface area contributed by atoms with E-state index in [0.717, 1.165) is 0 Å². The number of rotatable bonds is 23. The number of carbonyl (C=O) groups is 5. The molecule has 0 spiro atoms. The Morgan fingerprint density at radius 3 is 1.97 bits per heavy atom. The Kier molecular flexibility index (Phi) is 18.1. The number of amides is 2. The van der Waals surface area contributed by atoms with E-state index < -0.39 is 102 Å². The smallest absolute Gasteiger partial charge is 0.401 e. The first-order valence-electron chi connectivity index (χ1n) is 19.9. The molecular weight excluding hydrogens is 897 g/mol. The predicted molar refractivity (Wildman–Crippen MR) is 211 cm³/mol. The van der Waals surface area contributed by atoms with Gasteiger partial charge in [-0.15, -0.1) is 0 Å². The highest BCUT2D eigenvalue weighted by Crippen LogP contribution is 2.32. The first-order valence-corrected chi connectivity index (χ1v) is 19.9. The Labute approximate surface area is 370 Å². The minimum absolute atomic E-state index is 0.0142. The number of aliphatic hydroxyl groups excluding tert-OH is 3. The minimum atomic E-state index is -2.40. The number of ether oxygens (including phenoxy) is 6. The van der Waals surface area contributed by atoms with E-state index in [-0.39, 0.29) is 82.7 Å². The molecule has 7 N–H and O–H groups in total. The fourth-order valence-electron chi connectivity index (χ4n) is 6.29. The third-order valence-corrected chi connectivity index (χ3v) is 9.59. The number of nitrogens with zero attached hydrogens (tertiary/aromatic N) is 1. The van der Waals surface area contributed by atoms with Crippen molar-refractivity contribution in [2.45, 2.75) is 56.5 Å². The highest BCUT2D eigenvalue weighted by molar-refractivity contribution is 6.00. The number of esters is 1. The molecule has 5 rings (SSSR count). The number of hydrogen-bond acceptors (Lipinski definition) is 14. The zero-order valence-electron chi connectivity index (χ0n) is 34.4. The Balaban J connectivity index is 1.05. The van der Waals surface area contributed by atoms with Crippen LogP contribution in [0.2, 0.25) is 0 Å². The second-order valence-corrected chi connectivity index (χ2v) is 14.2. The molecule has 4 aromatic rings. The zero-order chi connectivity index (χ0) is 48.1. The van der Waals surface area contributed by atoms with Crippen LogP contribution in [0.1, 0.15) is 35.3 Å². The Morgan fingerprint density at radius 2 is 1.32 bits per heavy atom. The maximum absolute atomic E-state index is 13.7. The summed E-state index contributed by atoms with van der Waals surface area (Å²) < 4.78 is 99.4. The first-order chi connectivity index (χ1) is 31.5. The molecule has 0 aliphatic carbocycles. The topological polar surface area (TPSA) is 270 Å². The summed E-state index contributed by atoms with van der Waals surface area (Å²) >= 11 is 0. The summed E-state index contributed by atoms with van der Waals surface area (Å²) in [6.45, 7) is -0.422. The number of anilines is 1. The second kappa shape index (κ2) is 23.7. The van der Waals surface area contributed by atoms with Gasteiger partial charge in [-0.05, 0) is 29.7 Å². The number of aromatic nitrogens is 1. The van der Waals surface area contributed by atoms with E-state index in [1.165, 1.54) is 22.8 Å². The standard InChI is InChI=1S/C42H42F5N3O16/c43-29-30(44)32(46)38(33(47)31(29)45)65-28(53)10-14-62-16-18-63-17-15-61-13-9-26(51)48-11-7-27(52)49-24-19-21(20-50-12-8-22-3-1-2-4-23(22)34(50)40(57)58)5-6-25(24)64-42-37(56)35(54)36(55)39(66-42)41(59)60/h1-6,8,12,19,35-37,39,42,54-56H,7,9-11,13-18,20H2,(H3-,48,49,51,52,57,58,59,60)/p+1/t35-,36-,37+,39-,42+/m0/s1. The van der Waals surface area contributed by atoms with Crippen LogP contribution in [0.3, 0.4) is 0 Å². The average Bonchev–Trinajstić information content (AvgIpc) is 3.28. The van der Waals surface area contributed by atoms with Crippen molar-refractivity contribution in [2.75, 3.05) is 51.5 Å². The molecule has 2 heterocycles. The SMILES string of the molecule is O=C(CCOCCOCCOCCC(=O)Oc1c(F)c(F)c(F)c(F)c1F)NCCC(=O)Nc1cc(C[n+]2ccc3ccccc3c2C(=O)O)ccc1O[C@@H]1O[C@H](C(=O)O)[C@@H](O)[C@H](O)[C@H]1O. The highest BCUT2D eigenvalue weighted by Gasteiger charge is 2.48. The lowest BCUT2D eigenvalue weighted by Gasteiger charge is -2.38. The number of aromatic carboxylic acids is 1. The number of carbonyl (C=O) groups excluding carboxylic acids is 3. The molecule has 66 heavy (non-hydrogen) atoms. The van der Waals surface area contributed by atoms with E-state index in [2.05, 4.69) is 15.4 Å². The second-order valence-electron chi connectivity index (χ2n) is 14.2. The Bertz CT molecular complexity index is 2380. The van der Waals surface area contributed by atoms with Gasteiger partial charge in [0.25, 0.3) is 5.69 Å². The normalized spacial score (nSPS) is 18.2. The molecule has 0 bridgehead atoms. The molecule has 2 amide bonds. The summed E-state index contributed by atoms with van der Waals surface area (Å²) in [6, 6.07) is 12.9. The minimum Gasteiger partial charge on any atom is -0.479 e. The largest absolute Gasteiger partial charge is 0.479 e. The maximum atomic E-state index is 13.7. The number of carboxylic acid groups (broad SMARTS) is 2. The number of aliphatic hydroxyl groups is 3. The third-order valence-electron chi connectivity index (χ3n) is 9.59. The van der Waals surface area contributed by atoms with Crippen LogP contribution in [-0.2, 0) is 44.7 Å². The third kappa shape index (κ3) is 13.1. The molecule has 3 aromatic carbocycles. The summed E-state index contributed by atoms with van der Waals surface area (Å²) in [5.74, 6) is -18.7. The molecule has 0 radical (unpaired) electrons. The van der Waals surface area contributed by atoms with Gasteiger partial charge in [0.1, 0.15) is 24.1 Å². The number of nitrogens with one attached hydrogen (secondary N) is 2. The van der Waals surface area contributed by atoms with Gasteiger partial charge in [-0.2, -0.15) is 13.3 Å².